The number of rotatable bonds is 4. The average Bonchev–Trinajstić information content (AvgIpc) is 2.79. The number of pyridine rings is 1. The molecule has 1 saturated heterocycles. The van der Waals surface area contributed by atoms with Crippen molar-refractivity contribution in [1.82, 2.24) is 4.98 Å². The molecule has 0 spiro atoms. The highest BCUT2D eigenvalue weighted by Gasteiger charge is 2.25. The van der Waals surface area contributed by atoms with Crippen LogP contribution < -0.4 is 10.1 Å². The number of nitrogens with one attached hydrogen (secondary N) is 1. The van der Waals surface area contributed by atoms with Crippen molar-refractivity contribution in [3.05, 3.63) is 18.3 Å². The molecule has 0 radical (unpaired) electrons. The lowest BCUT2D eigenvalue weighted by atomic mass is 9.85. The summed E-state index contributed by atoms with van der Waals surface area (Å²) in [7, 11) is 0. The molecule has 1 saturated carbocycles. The second kappa shape index (κ2) is 5.57. The van der Waals surface area contributed by atoms with Crippen LogP contribution in [0.5, 0.6) is 5.88 Å². The maximum atomic E-state index is 11.9. The Kier molecular flexibility index (Phi) is 3.64. The summed E-state index contributed by atoms with van der Waals surface area (Å²) in [6.45, 7) is 1.35. The van der Waals surface area contributed by atoms with Gasteiger partial charge in [0.05, 0.1) is 13.2 Å². The molecule has 0 aromatic carbocycles. The Balaban J connectivity index is 1.60. The van der Waals surface area contributed by atoms with Gasteiger partial charge in [-0.2, -0.15) is 0 Å². The SMILES string of the molecule is O=C(Nc1ccnc(O[C@H]2CCOC2)c1)C1CCC1. The van der Waals surface area contributed by atoms with Gasteiger partial charge in [-0.1, -0.05) is 6.42 Å². The third-order valence-electron chi connectivity index (χ3n) is 3.65. The van der Waals surface area contributed by atoms with Gasteiger partial charge in [0.1, 0.15) is 6.10 Å². The lowest BCUT2D eigenvalue weighted by Gasteiger charge is -2.24. The van der Waals surface area contributed by atoms with Crippen molar-refractivity contribution in [2.24, 2.45) is 5.92 Å². The molecule has 0 bridgehead atoms. The van der Waals surface area contributed by atoms with E-state index in [0.717, 1.165) is 38.0 Å². The fourth-order valence-electron chi connectivity index (χ4n) is 2.24. The molecule has 0 unspecified atom stereocenters. The molecule has 5 nitrogen and oxygen atoms in total. The topological polar surface area (TPSA) is 60.5 Å². The third-order valence-corrected chi connectivity index (χ3v) is 3.65. The first-order chi connectivity index (χ1) is 9.31. The first kappa shape index (κ1) is 12.4. The maximum absolute atomic E-state index is 11.9. The van der Waals surface area contributed by atoms with Gasteiger partial charge in [-0.25, -0.2) is 4.98 Å². The predicted octanol–water partition coefficient (Wildman–Crippen LogP) is 1.99. The summed E-state index contributed by atoms with van der Waals surface area (Å²) < 4.78 is 11.0. The van der Waals surface area contributed by atoms with Crippen LogP contribution in [0.3, 0.4) is 0 Å². The van der Waals surface area contributed by atoms with Gasteiger partial charge in [0.15, 0.2) is 0 Å². The highest BCUT2D eigenvalue weighted by atomic mass is 16.5. The fraction of sp³-hybridized carbons (Fsp3) is 0.571. The molecular formula is C14H18N2O3. The van der Waals surface area contributed by atoms with Crippen molar-refractivity contribution >= 4 is 11.6 Å². The summed E-state index contributed by atoms with van der Waals surface area (Å²) >= 11 is 0. The Morgan fingerprint density at radius 3 is 3.00 bits per heavy atom. The maximum Gasteiger partial charge on any atom is 0.227 e. The van der Waals surface area contributed by atoms with E-state index in [1.54, 1.807) is 18.3 Å². The Hall–Kier alpha value is -1.62. The number of anilines is 1. The molecule has 3 rings (SSSR count). The van der Waals surface area contributed by atoms with Gasteiger partial charge in [0, 0.05) is 30.3 Å². The summed E-state index contributed by atoms with van der Waals surface area (Å²) in [5.41, 5.74) is 0.751. The molecule has 102 valence electrons. The van der Waals surface area contributed by atoms with Gasteiger partial charge in [-0.3, -0.25) is 4.79 Å². The summed E-state index contributed by atoms with van der Waals surface area (Å²) in [6, 6.07) is 3.56. The average molecular weight is 262 g/mol. The predicted molar refractivity (Wildman–Crippen MR) is 70.1 cm³/mol. The molecule has 2 heterocycles. The van der Waals surface area contributed by atoms with E-state index in [9.17, 15) is 4.79 Å². The number of ether oxygens (including phenoxy) is 2. The van der Waals surface area contributed by atoms with E-state index in [1.165, 1.54) is 0 Å². The van der Waals surface area contributed by atoms with E-state index in [2.05, 4.69) is 10.3 Å². The van der Waals surface area contributed by atoms with Crippen LogP contribution in [-0.4, -0.2) is 30.2 Å². The van der Waals surface area contributed by atoms with Crippen LogP contribution >= 0.6 is 0 Å². The zero-order valence-corrected chi connectivity index (χ0v) is 10.8. The fourth-order valence-corrected chi connectivity index (χ4v) is 2.24. The second-order valence-electron chi connectivity index (χ2n) is 5.10. The first-order valence-electron chi connectivity index (χ1n) is 6.82. The summed E-state index contributed by atoms with van der Waals surface area (Å²) in [4.78, 5) is 16.0. The highest BCUT2D eigenvalue weighted by molar-refractivity contribution is 5.93. The normalized spacial score (nSPS) is 22.8. The molecule has 5 heteroatoms. The molecule has 2 aliphatic rings. The van der Waals surface area contributed by atoms with Crippen LogP contribution in [0.2, 0.25) is 0 Å². The number of carbonyl (C=O) groups excluding carboxylic acids is 1. The molecule has 1 aromatic rings. The lowest BCUT2D eigenvalue weighted by molar-refractivity contribution is -0.122. The van der Waals surface area contributed by atoms with E-state index >= 15 is 0 Å². The van der Waals surface area contributed by atoms with Crippen molar-refractivity contribution in [3.63, 3.8) is 0 Å². The van der Waals surface area contributed by atoms with Crippen LogP contribution in [0.4, 0.5) is 5.69 Å². The minimum Gasteiger partial charge on any atom is -0.472 e. The smallest absolute Gasteiger partial charge is 0.227 e. The Labute approximate surface area is 112 Å². The Morgan fingerprint density at radius 2 is 2.32 bits per heavy atom. The van der Waals surface area contributed by atoms with Crippen LogP contribution in [0.15, 0.2) is 18.3 Å². The van der Waals surface area contributed by atoms with Crippen LogP contribution in [0.1, 0.15) is 25.7 Å². The molecule has 1 atom stereocenters. The van der Waals surface area contributed by atoms with E-state index < -0.39 is 0 Å². The van der Waals surface area contributed by atoms with Gasteiger partial charge < -0.3 is 14.8 Å². The number of amides is 1. The van der Waals surface area contributed by atoms with Crippen molar-refractivity contribution in [2.45, 2.75) is 31.8 Å². The number of carbonyl (C=O) groups is 1. The van der Waals surface area contributed by atoms with Crippen molar-refractivity contribution in [1.29, 1.82) is 0 Å². The molecule has 1 amide bonds. The highest BCUT2D eigenvalue weighted by Crippen LogP contribution is 2.28. The second-order valence-corrected chi connectivity index (χ2v) is 5.10. The van der Waals surface area contributed by atoms with E-state index in [4.69, 9.17) is 9.47 Å². The van der Waals surface area contributed by atoms with E-state index in [-0.39, 0.29) is 17.9 Å². The Bertz CT molecular complexity index is 454. The summed E-state index contributed by atoms with van der Waals surface area (Å²) in [5, 5.41) is 2.92. The molecule has 1 aliphatic heterocycles. The number of aromatic nitrogens is 1. The Morgan fingerprint density at radius 1 is 1.42 bits per heavy atom. The summed E-state index contributed by atoms with van der Waals surface area (Å²) in [5.74, 6) is 0.829. The standard InChI is InChI=1S/C14H18N2O3/c17-14(10-2-1-3-10)16-11-4-6-15-13(8-11)19-12-5-7-18-9-12/h4,6,8,10,12H,1-3,5,7,9H2,(H,15,16,17)/t12-/m0/s1. The van der Waals surface area contributed by atoms with E-state index in [0.29, 0.717) is 12.5 Å². The number of nitrogens with zero attached hydrogens (tertiary/aromatic N) is 1. The summed E-state index contributed by atoms with van der Waals surface area (Å²) in [6.07, 6.45) is 5.77. The monoisotopic (exact) mass is 262 g/mol. The molecule has 1 aliphatic carbocycles. The third kappa shape index (κ3) is 3.04. The molecule has 19 heavy (non-hydrogen) atoms. The molecule has 2 fully saturated rings. The van der Waals surface area contributed by atoms with Crippen LogP contribution in [-0.2, 0) is 9.53 Å². The van der Waals surface area contributed by atoms with Gasteiger partial charge in [-0.15, -0.1) is 0 Å². The van der Waals surface area contributed by atoms with E-state index in [1.807, 2.05) is 0 Å². The van der Waals surface area contributed by atoms with Crippen molar-refractivity contribution < 1.29 is 14.3 Å². The van der Waals surface area contributed by atoms with Crippen LogP contribution in [0.25, 0.3) is 0 Å². The minimum atomic E-state index is 0.0742. The van der Waals surface area contributed by atoms with Gasteiger partial charge in [0.2, 0.25) is 11.8 Å². The zero-order chi connectivity index (χ0) is 13.1. The first-order valence-corrected chi connectivity index (χ1v) is 6.82. The molecule has 1 aromatic heterocycles. The molecular weight excluding hydrogens is 244 g/mol. The zero-order valence-electron chi connectivity index (χ0n) is 10.8. The van der Waals surface area contributed by atoms with Gasteiger partial charge >= 0.3 is 0 Å². The molecule has 1 N–H and O–H groups in total. The van der Waals surface area contributed by atoms with Crippen LogP contribution in [0, 0.1) is 5.92 Å². The quantitative estimate of drug-likeness (QED) is 0.901. The van der Waals surface area contributed by atoms with Gasteiger partial charge in [-0.05, 0) is 18.9 Å². The van der Waals surface area contributed by atoms with Crippen molar-refractivity contribution in [2.75, 3.05) is 18.5 Å². The minimum absolute atomic E-state index is 0.0742. The van der Waals surface area contributed by atoms with Gasteiger partial charge in [0.25, 0.3) is 0 Å². The number of hydrogen-bond acceptors (Lipinski definition) is 4. The van der Waals surface area contributed by atoms with Crippen molar-refractivity contribution in [3.8, 4) is 5.88 Å². The lowest BCUT2D eigenvalue weighted by Crippen LogP contribution is -2.28. The number of hydrogen-bond donors (Lipinski definition) is 1. The largest absolute Gasteiger partial charge is 0.472 e.